The van der Waals surface area contributed by atoms with Gasteiger partial charge in [-0.1, -0.05) is 102 Å². The van der Waals surface area contributed by atoms with Crippen LogP contribution >= 0.6 is 0 Å². The number of hydrogen-bond donors (Lipinski definition) is 0. The molecule has 161 valence electrons. The standard InChI is InChI=1S/C25H39Si.2CH3.Ti/c1-16(2)14-26(15-17(3)4,24-12-18(5)11-19(6)13-24)25-22(9)20(7)21(8)23(25)10;;;/h11-13,16-17H,14-15H2,1-10H3;2*1H3;/q3*-1;+3. The van der Waals surface area contributed by atoms with Gasteiger partial charge in [-0.25, -0.2) is 0 Å². The molecule has 0 unspecified atom stereocenters. The first-order valence-corrected chi connectivity index (χ1v) is 12.7. The molecule has 29 heavy (non-hydrogen) atoms. The first-order chi connectivity index (χ1) is 12.0. The Morgan fingerprint density at radius 3 is 1.34 bits per heavy atom. The van der Waals surface area contributed by atoms with Gasteiger partial charge in [0.1, 0.15) is 0 Å². The summed E-state index contributed by atoms with van der Waals surface area (Å²) in [6.07, 6.45) is 0. The third kappa shape index (κ3) is 6.25. The van der Waals surface area contributed by atoms with Crippen LogP contribution in [0.2, 0.25) is 12.1 Å². The molecular formula is C27H45SiTi. The maximum atomic E-state index is 2.51. The largest absolute Gasteiger partial charge is 3.00 e. The van der Waals surface area contributed by atoms with E-state index in [0.717, 1.165) is 11.8 Å². The van der Waals surface area contributed by atoms with E-state index in [9.17, 15) is 0 Å². The minimum Gasteiger partial charge on any atom is -0.358 e. The molecule has 2 aromatic carbocycles. The maximum Gasteiger partial charge on any atom is 3.00 e. The van der Waals surface area contributed by atoms with Gasteiger partial charge in [-0.15, -0.1) is 5.19 Å². The fraction of sp³-hybridized carbons (Fsp3) is 0.519. The molecule has 0 aromatic heterocycles. The van der Waals surface area contributed by atoms with Gasteiger partial charge in [0, 0.05) is 0 Å². The summed E-state index contributed by atoms with van der Waals surface area (Å²) in [5, 5.41) is 3.41. The molecule has 0 saturated carbocycles. The summed E-state index contributed by atoms with van der Waals surface area (Å²) in [6, 6.07) is 10.0. The number of rotatable bonds is 6. The molecule has 2 rings (SSSR count). The maximum absolute atomic E-state index is 2.51. The molecule has 0 fully saturated rings. The van der Waals surface area contributed by atoms with Crippen LogP contribution in [-0.2, 0) is 21.7 Å². The third-order valence-electron chi connectivity index (χ3n) is 6.20. The Labute approximate surface area is 199 Å². The van der Waals surface area contributed by atoms with Crippen LogP contribution < -0.4 is 10.4 Å². The Balaban J connectivity index is 0. The second kappa shape index (κ2) is 11.8. The molecule has 0 saturated heterocycles. The van der Waals surface area contributed by atoms with E-state index in [2.05, 4.69) is 87.4 Å². The molecule has 0 spiro atoms. The van der Waals surface area contributed by atoms with Gasteiger partial charge >= 0.3 is 21.7 Å². The Hall–Kier alpha value is -0.499. The van der Waals surface area contributed by atoms with Crippen molar-refractivity contribution < 1.29 is 21.7 Å². The molecule has 0 atom stereocenters. The average Bonchev–Trinajstić information content (AvgIpc) is 2.68. The van der Waals surface area contributed by atoms with Crippen molar-refractivity contribution in [1.82, 2.24) is 0 Å². The Kier molecular flexibility index (Phi) is 12.5. The van der Waals surface area contributed by atoms with Crippen molar-refractivity contribution in [1.29, 1.82) is 0 Å². The SMILES string of the molecule is Cc1cc(C)cc([Si](CC(C)C)(CC(C)C)[c-]2c(C)c(C)c(C)c2C)c1.[CH3-].[CH3-].[Ti+3]. The number of benzene rings is 1. The van der Waals surface area contributed by atoms with E-state index < -0.39 is 8.07 Å². The molecule has 0 aliphatic rings. The second-order valence-corrected chi connectivity index (χ2v) is 13.6. The van der Waals surface area contributed by atoms with Crippen LogP contribution in [-0.4, -0.2) is 8.07 Å². The summed E-state index contributed by atoms with van der Waals surface area (Å²) in [6.45, 7) is 23.6. The molecule has 0 aliphatic heterocycles. The van der Waals surface area contributed by atoms with Gasteiger partial charge in [-0.3, -0.25) is 0 Å². The van der Waals surface area contributed by atoms with E-state index >= 15 is 0 Å². The van der Waals surface area contributed by atoms with Gasteiger partial charge in [0.05, 0.1) is 8.07 Å². The van der Waals surface area contributed by atoms with Crippen LogP contribution in [0.3, 0.4) is 0 Å². The van der Waals surface area contributed by atoms with Gasteiger partial charge in [-0.05, 0) is 25.7 Å². The number of aryl methyl sites for hydroxylation is 2. The van der Waals surface area contributed by atoms with Crippen molar-refractivity contribution in [3.05, 3.63) is 66.4 Å². The molecule has 0 bridgehead atoms. The minimum absolute atomic E-state index is 0. The van der Waals surface area contributed by atoms with Crippen molar-refractivity contribution in [2.24, 2.45) is 11.8 Å². The van der Waals surface area contributed by atoms with Crippen molar-refractivity contribution in [2.45, 2.75) is 81.3 Å². The van der Waals surface area contributed by atoms with E-state index in [1.165, 1.54) is 34.3 Å². The molecule has 0 amide bonds. The zero-order valence-electron chi connectivity index (χ0n) is 21.3. The van der Waals surface area contributed by atoms with Crippen LogP contribution in [0.15, 0.2) is 18.2 Å². The summed E-state index contributed by atoms with van der Waals surface area (Å²) >= 11 is 0. The number of hydrogen-bond acceptors (Lipinski definition) is 0. The Morgan fingerprint density at radius 1 is 0.690 bits per heavy atom. The summed E-state index contributed by atoms with van der Waals surface area (Å²) in [4.78, 5) is 0. The van der Waals surface area contributed by atoms with Gasteiger partial charge in [0.15, 0.2) is 0 Å². The third-order valence-corrected chi connectivity index (χ3v) is 12.3. The molecule has 2 aromatic rings. The molecular weight excluding hydrogens is 400 g/mol. The second-order valence-electron chi connectivity index (χ2n) is 9.53. The molecule has 0 aliphatic carbocycles. The van der Waals surface area contributed by atoms with Crippen molar-refractivity contribution in [2.75, 3.05) is 0 Å². The minimum atomic E-state index is -1.84. The zero-order chi connectivity index (χ0) is 19.8. The molecule has 0 nitrogen and oxygen atoms in total. The van der Waals surface area contributed by atoms with E-state index in [1.54, 1.807) is 21.5 Å². The zero-order valence-corrected chi connectivity index (χ0v) is 23.9. The van der Waals surface area contributed by atoms with Gasteiger partial charge < -0.3 is 14.9 Å². The summed E-state index contributed by atoms with van der Waals surface area (Å²) in [5.74, 6) is 1.44. The Morgan fingerprint density at radius 2 is 1.03 bits per heavy atom. The fourth-order valence-corrected chi connectivity index (χ4v) is 12.2. The van der Waals surface area contributed by atoms with E-state index in [-0.39, 0.29) is 36.6 Å². The van der Waals surface area contributed by atoms with Crippen LogP contribution in [0, 0.1) is 68.2 Å². The quantitative estimate of drug-likeness (QED) is 0.331. The predicted octanol–water partition coefficient (Wildman–Crippen LogP) is 7.03. The van der Waals surface area contributed by atoms with Gasteiger partial charge in [0.25, 0.3) is 0 Å². The van der Waals surface area contributed by atoms with Crippen LogP contribution in [0.4, 0.5) is 0 Å². The van der Waals surface area contributed by atoms with Crippen molar-refractivity contribution >= 4 is 18.4 Å². The van der Waals surface area contributed by atoms with Crippen LogP contribution in [0.5, 0.6) is 0 Å². The first-order valence-electron chi connectivity index (χ1n) is 10.3. The van der Waals surface area contributed by atoms with Gasteiger partial charge in [0.2, 0.25) is 0 Å². The summed E-state index contributed by atoms with van der Waals surface area (Å²) in [5.41, 5.74) is 9.02. The van der Waals surface area contributed by atoms with Gasteiger partial charge in [-0.2, -0.15) is 22.3 Å². The fourth-order valence-electron chi connectivity index (χ4n) is 5.25. The van der Waals surface area contributed by atoms with Crippen molar-refractivity contribution in [3.63, 3.8) is 0 Å². The molecule has 0 heterocycles. The average molecular weight is 446 g/mol. The molecule has 2 heteroatoms. The van der Waals surface area contributed by atoms with E-state index in [4.69, 9.17) is 0 Å². The molecule has 1 radical (unpaired) electrons. The van der Waals surface area contributed by atoms with E-state index in [0.29, 0.717) is 0 Å². The summed E-state index contributed by atoms with van der Waals surface area (Å²) in [7, 11) is -1.84. The molecule has 0 N–H and O–H groups in total. The normalized spacial score (nSPS) is 11.2. The monoisotopic (exact) mass is 445 g/mol. The smallest absolute Gasteiger partial charge is 0.358 e. The topological polar surface area (TPSA) is 0 Å². The van der Waals surface area contributed by atoms with Crippen LogP contribution in [0.1, 0.15) is 61.1 Å². The van der Waals surface area contributed by atoms with Crippen LogP contribution in [0.25, 0.3) is 0 Å². The predicted molar refractivity (Wildman–Crippen MR) is 134 cm³/mol. The van der Waals surface area contributed by atoms with E-state index in [1.807, 2.05) is 0 Å². The first kappa shape index (κ1) is 30.7. The summed E-state index contributed by atoms with van der Waals surface area (Å²) < 4.78 is 0. The Bertz CT molecular complexity index is 725. The van der Waals surface area contributed by atoms with Crippen molar-refractivity contribution in [3.8, 4) is 0 Å².